The molecule has 0 fully saturated rings. The van der Waals surface area contributed by atoms with Gasteiger partial charge in [0.15, 0.2) is 0 Å². The van der Waals surface area contributed by atoms with Crippen molar-refractivity contribution in [3.8, 4) is 0 Å². The second-order valence-corrected chi connectivity index (χ2v) is 6.73. The van der Waals surface area contributed by atoms with E-state index in [0.717, 1.165) is 12.1 Å². The molecule has 0 aliphatic heterocycles. The topological polar surface area (TPSA) is 89.3 Å². The van der Waals surface area contributed by atoms with Crippen molar-refractivity contribution in [3.05, 3.63) is 64.7 Å². The molecule has 0 bridgehead atoms. The molecule has 1 atom stereocenters. The lowest BCUT2D eigenvalue weighted by Gasteiger charge is -2.17. The summed E-state index contributed by atoms with van der Waals surface area (Å²) >= 11 is 5.67. The number of carbonyl (C=O) groups excluding carboxylic acids is 1. The molecule has 5 nitrogen and oxygen atoms in total. The molecule has 9 heteroatoms. The number of carbonyl (C=O) groups is 1. The smallest absolute Gasteiger partial charge is 0.241 e. The van der Waals surface area contributed by atoms with Gasteiger partial charge < -0.3 is 5.73 Å². The second kappa shape index (κ2) is 6.61. The predicted octanol–water partition coefficient (Wildman–Crippen LogP) is 2.12. The first-order valence-corrected chi connectivity index (χ1v) is 8.09. The van der Waals surface area contributed by atoms with E-state index in [0.29, 0.717) is 11.1 Å². The molecule has 2 aromatic carbocycles. The summed E-state index contributed by atoms with van der Waals surface area (Å²) in [5.74, 6) is -3.09. The molecule has 23 heavy (non-hydrogen) atoms. The number of hydrogen-bond donors (Lipinski definition) is 2. The van der Waals surface area contributed by atoms with E-state index in [1.54, 1.807) is 0 Å². The van der Waals surface area contributed by atoms with Crippen molar-refractivity contribution in [1.29, 1.82) is 0 Å². The Morgan fingerprint density at radius 3 is 2.26 bits per heavy atom. The summed E-state index contributed by atoms with van der Waals surface area (Å²) in [6, 6.07) is 5.79. The van der Waals surface area contributed by atoms with Gasteiger partial charge in [-0.3, -0.25) is 4.79 Å². The number of sulfonamides is 1. The van der Waals surface area contributed by atoms with Crippen LogP contribution in [0.4, 0.5) is 8.78 Å². The zero-order chi connectivity index (χ0) is 17.2. The third kappa shape index (κ3) is 4.04. The van der Waals surface area contributed by atoms with Crippen LogP contribution in [0.25, 0.3) is 0 Å². The van der Waals surface area contributed by atoms with Gasteiger partial charge in [-0.15, -0.1) is 0 Å². The van der Waals surface area contributed by atoms with Crippen LogP contribution in [0, 0.1) is 11.6 Å². The molecule has 0 saturated heterocycles. The van der Waals surface area contributed by atoms with E-state index in [2.05, 4.69) is 0 Å². The van der Waals surface area contributed by atoms with Gasteiger partial charge in [0.1, 0.15) is 17.7 Å². The zero-order valence-corrected chi connectivity index (χ0v) is 13.0. The number of nitrogens with one attached hydrogen (secondary N) is 1. The van der Waals surface area contributed by atoms with Crippen molar-refractivity contribution in [3.63, 3.8) is 0 Å². The Balaban J connectivity index is 2.39. The number of halogens is 3. The first-order valence-electron chi connectivity index (χ1n) is 6.23. The molecule has 1 unspecified atom stereocenters. The van der Waals surface area contributed by atoms with Crippen LogP contribution in [-0.4, -0.2) is 14.3 Å². The highest BCUT2D eigenvalue weighted by Gasteiger charge is 2.28. The summed E-state index contributed by atoms with van der Waals surface area (Å²) in [7, 11) is -4.17. The Kier molecular flexibility index (Phi) is 4.98. The molecule has 0 radical (unpaired) electrons. The lowest BCUT2D eigenvalue weighted by Crippen LogP contribution is -2.38. The second-order valence-electron chi connectivity index (χ2n) is 4.58. The van der Waals surface area contributed by atoms with Crippen molar-refractivity contribution in [1.82, 2.24) is 4.72 Å². The van der Waals surface area contributed by atoms with Gasteiger partial charge in [0.25, 0.3) is 0 Å². The van der Waals surface area contributed by atoms with E-state index in [1.165, 1.54) is 24.3 Å². The van der Waals surface area contributed by atoms with E-state index >= 15 is 0 Å². The molecule has 1 amide bonds. The van der Waals surface area contributed by atoms with Gasteiger partial charge in [0.2, 0.25) is 15.9 Å². The Morgan fingerprint density at radius 2 is 1.74 bits per heavy atom. The standard InChI is InChI=1S/C14H11ClF2N2O3S/c15-8-1-4-10(5-2-8)23(21,22)19-13(14(18)20)11-6-3-9(16)7-12(11)17/h1-7,13,19H,(H2,18,20). The van der Waals surface area contributed by atoms with Gasteiger partial charge in [-0.05, 0) is 30.3 Å². The van der Waals surface area contributed by atoms with Crippen molar-refractivity contribution < 1.29 is 22.0 Å². The summed E-state index contributed by atoms with van der Waals surface area (Å²) in [5.41, 5.74) is 4.76. The first kappa shape index (κ1) is 17.3. The summed E-state index contributed by atoms with van der Waals surface area (Å²) in [6.07, 6.45) is 0. The lowest BCUT2D eigenvalue weighted by molar-refractivity contribution is -0.119. The summed E-state index contributed by atoms with van der Waals surface area (Å²) in [6.45, 7) is 0. The summed E-state index contributed by atoms with van der Waals surface area (Å²) in [5, 5.41) is 0.319. The van der Waals surface area contributed by atoms with Crippen LogP contribution in [0.2, 0.25) is 5.02 Å². The highest BCUT2D eigenvalue weighted by atomic mass is 35.5. The lowest BCUT2D eigenvalue weighted by atomic mass is 10.1. The Bertz CT molecular complexity index is 842. The van der Waals surface area contributed by atoms with E-state index in [1.807, 2.05) is 4.72 Å². The third-order valence-corrected chi connectivity index (χ3v) is 4.65. The average Bonchev–Trinajstić information content (AvgIpc) is 2.45. The molecule has 122 valence electrons. The Labute approximate surface area is 136 Å². The molecule has 2 aromatic rings. The maximum absolute atomic E-state index is 13.8. The fourth-order valence-electron chi connectivity index (χ4n) is 1.85. The molecular weight excluding hydrogens is 350 g/mol. The number of amides is 1. The van der Waals surface area contributed by atoms with Crippen molar-refractivity contribution in [2.45, 2.75) is 10.9 Å². The molecule has 0 aromatic heterocycles. The molecule has 2 rings (SSSR count). The minimum absolute atomic E-state index is 0.185. The van der Waals surface area contributed by atoms with Gasteiger partial charge in [0.05, 0.1) is 4.90 Å². The van der Waals surface area contributed by atoms with Gasteiger partial charge in [-0.25, -0.2) is 17.2 Å². The van der Waals surface area contributed by atoms with Crippen LogP contribution in [0.5, 0.6) is 0 Å². The minimum atomic E-state index is -4.17. The maximum atomic E-state index is 13.8. The quantitative estimate of drug-likeness (QED) is 0.855. The van der Waals surface area contributed by atoms with Crippen LogP contribution < -0.4 is 10.5 Å². The van der Waals surface area contributed by atoms with Crippen molar-refractivity contribution in [2.24, 2.45) is 5.73 Å². The number of benzene rings is 2. The first-order chi connectivity index (χ1) is 10.7. The van der Waals surface area contributed by atoms with Crippen molar-refractivity contribution in [2.75, 3.05) is 0 Å². The molecule has 0 saturated carbocycles. The number of primary amides is 1. The average molecular weight is 361 g/mol. The molecule has 3 N–H and O–H groups in total. The molecular formula is C14H11ClF2N2O3S. The molecule has 0 spiro atoms. The summed E-state index contributed by atoms with van der Waals surface area (Å²) < 4.78 is 53.2. The number of hydrogen-bond acceptors (Lipinski definition) is 3. The Morgan fingerprint density at radius 1 is 1.13 bits per heavy atom. The van der Waals surface area contributed by atoms with Crippen LogP contribution in [0.15, 0.2) is 47.4 Å². The number of nitrogens with two attached hydrogens (primary N) is 1. The summed E-state index contributed by atoms with van der Waals surface area (Å²) in [4.78, 5) is 11.3. The minimum Gasteiger partial charge on any atom is -0.368 e. The van der Waals surface area contributed by atoms with Gasteiger partial charge >= 0.3 is 0 Å². The van der Waals surface area contributed by atoms with Crippen LogP contribution in [-0.2, 0) is 14.8 Å². The highest BCUT2D eigenvalue weighted by Crippen LogP contribution is 2.21. The van der Waals surface area contributed by atoms with Gasteiger partial charge in [-0.1, -0.05) is 17.7 Å². The highest BCUT2D eigenvalue weighted by molar-refractivity contribution is 7.89. The third-order valence-electron chi connectivity index (χ3n) is 2.95. The molecule has 0 aliphatic carbocycles. The van der Waals surface area contributed by atoms with Gasteiger partial charge in [0, 0.05) is 16.7 Å². The predicted molar refractivity (Wildman–Crippen MR) is 80.1 cm³/mol. The molecule has 0 heterocycles. The fraction of sp³-hybridized carbons (Fsp3) is 0.0714. The monoisotopic (exact) mass is 360 g/mol. The zero-order valence-electron chi connectivity index (χ0n) is 11.5. The SMILES string of the molecule is NC(=O)C(NS(=O)(=O)c1ccc(Cl)cc1)c1ccc(F)cc1F. The van der Waals surface area contributed by atoms with E-state index < -0.39 is 33.6 Å². The van der Waals surface area contributed by atoms with E-state index in [-0.39, 0.29) is 10.5 Å². The number of rotatable bonds is 5. The molecule has 0 aliphatic rings. The fourth-order valence-corrected chi connectivity index (χ4v) is 3.16. The van der Waals surface area contributed by atoms with Crippen LogP contribution in [0.1, 0.15) is 11.6 Å². The maximum Gasteiger partial charge on any atom is 0.241 e. The van der Waals surface area contributed by atoms with E-state index in [4.69, 9.17) is 17.3 Å². The van der Waals surface area contributed by atoms with Crippen molar-refractivity contribution >= 4 is 27.5 Å². The van der Waals surface area contributed by atoms with Crippen LogP contribution in [0.3, 0.4) is 0 Å². The Hall–Kier alpha value is -2.03. The van der Waals surface area contributed by atoms with Crippen LogP contribution >= 0.6 is 11.6 Å². The normalized spacial score (nSPS) is 12.8. The van der Waals surface area contributed by atoms with E-state index in [9.17, 15) is 22.0 Å². The largest absolute Gasteiger partial charge is 0.368 e. The van der Waals surface area contributed by atoms with Gasteiger partial charge in [-0.2, -0.15) is 4.72 Å².